The maximum Gasteiger partial charge on any atom is 0.0790 e. The van der Waals surface area contributed by atoms with E-state index in [9.17, 15) is 0 Å². The first-order valence-electron chi connectivity index (χ1n) is 5.90. The summed E-state index contributed by atoms with van der Waals surface area (Å²) in [7, 11) is 0. The van der Waals surface area contributed by atoms with Crippen molar-refractivity contribution in [3.63, 3.8) is 0 Å². The van der Waals surface area contributed by atoms with Crippen LogP contribution in [0.2, 0.25) is 0 Å². The minimum atomic E-state index is 0.436. The van der Waals surface area contributed by atoms with E-state index in [0.717, 1.165) is 6.54 Å². The molecule has 0 aliphatic heterocycles. The summed E-state index contributed by atoms with van der Waals surface area (Å²) < 4.78 is 0. The van der Waals surface area contributed by atoms with Gasteiger partial charge >= 0.3 is 0 Å². The van der Waals surface area contributed by atoms with E-state index in [1.807, 2.05) is 0 Å². The van der Waals surface area contributed by atoms with Crippen LogP contribution < -0.4 is 5.48 Å². The van der Waals surface area contributed by atoms with Crippen molar-refractivity contribution in [3.05, 3.63) is 29.8 Å². The molecule has 1 fully saturated rings. The van der Waals surface area contributed by atoms with Crippen LogP contribution in [0.4, 0.5) is 0 Å². The molecule has 1 aliphatic rings. The van der Waals surface area contributed by atoms with Crippen LogP contribution in [0.15, 0.2) is 29.2 Å². The minimum Gasteiger partial charge on any atom is -0.298 e. The number of thioether (sulfide) groups is 1. The molecule has 0 heterocycles. The molecule has 16 heavy (non-hydrogen) atoms. The van der Waals surface area contributed by atoms with Crippen LogP contribution in [0.3, 0.4) is 0 Å². The zero-order valence-electron chi connectivity index (χ0n) is 9.74. The standard InChI is InChI=1S/C13H19NOS/c1-16-13-8-6-11(7-9-13)10-14-15-12-4-2-3-5-12/h6-9,12,14H,2-5,10H2,1H3. The quantitative estimate of drug-likeness (QED) is 0.626. The van der Waals surface area contributed by atoms with Crippen LogP contribution in [0.1, 0.15) is 31.2 Å². The molecule has 1 aliphatic carbocycles. The Hall–Kier alpha value is -0.510. The molecule has 88 valence electrons. The lowest BCUT2D eigenvalue weighted by Gasteiger charge is -2.11. The summed E-state index contributed by atoms with van der Waals surface area (Å²) in [5.41, 5.74) is 4.35. The molecule has 0 unspecified atom stereocenters. The van der Waals surface area contributed by atoms with Crippen LogP contribution in [-0.2, 0) is 11.4 Å². The number of hydrogen-bond donors (Lipinski definition) is 1. The van der Waals surface area contributed by atoms with Gasteiger partial charge in [0, 0.05) is 11.4 Å². The fourth-order valence-electron chi connectivity index (χ4n) is 1.99. The molecule has 0 bridgehead atoms. The van der Waals surface area contributed by atoms with Gasteiger partial charge in [0.15, 0.2) is 0 Å². The average molecular weight is 237 g/mol. The molecule has 1 aromatic carbocycles. The molecule has 0 aromatic heterocycles. The van der Waals surface area contributed by atoms with Gasteiger partial charge in [-0.2, -0.15) is 5.48 Å². The van der Waals surface area contributed by atoms with Crippen molar-refractivity contribution in [2.24, 2.45) is 0 Å². The summed E-state index contributed by atoms with van der Waals surface area (Å²) >= 11 is 1.77. The molecule has 0 saturated heterocycles. The Balaban J connectivity index is 1.71. The van der Waals surface area contributed by atoms with Gasteiger partial charge in [0.2, 0.25) is 0 Å². The fraction of sp³-hybridized carbons (Fsp3) is 0.538. The predicted molar refractivity (Wildman–Crippen MR) is 68.4 cm³/mol. The van der Waals surface area contributed by atoms with Crippen molar-refractivity contribution in [1.29, 1.82) is 0 Å². The Bertz CT molecular complexity index is 306. The molecule has 1 N–H and O–H groups in total. The van der Waals surface area contributed by atoms with E-state index in [0.29, 0.717) is 6.10 Å². The lowest BCUT2D eigenvalue weighted by molar-refractivity contribution is -0.0244. The van der Waals surface area contributed by atoms with Gasteiger partial charge in [-0.05, 0) is 36.8 Å². The molecule has 1 saturated carbocycles. The van der Waals surface area contributed by atoms with Crippen LogP contribution in [0.5, 0.6) is 0 Å². The van der Waals surface area contributed by atoms with E-state index in [1.165, 1.54) is 36.1 Å². The van der Waals surface area contributed by atoms with Crippen molar-refractivity contribution in [2.75, 3.05) is 6.26 Å². The van der Waals surface area contributed by atoms with Crippen LogP contribution in [0, 0.1) is 0 Å². The third-order valence-electron chi connectivity index (χ3n) is 2.99. The molecule has 0 atom stereocenters. The predicted octanol–water partition coefficient (Wildman–Crippen LogP) is 3.37. The maximum absolute atomic E-state index is 5.61. The normalized spacial score (nSPS) is 16.8. The molecular formula is C13H19NOS. The van der Waals surface area contributed by atoms with Gasteiger partial charge in [-0.3, -0.25) is 4.84 Å². The zero-order valence-corrected chi connectivity index (χ0v) is 10.6. The highest BCUT2D eigenvalue weighted by Crippen LogP contribution is 2.20. The summed E-state index contributed by atoms with van der Waals surface area (Å²) in [6.45, 7) is 0.797. The highest BCUT2D eigenvalue weighted by Gasteiger charge is 2.15. The van der Waals surface area contributed by atoms with Gasteiger partial charge < -0.3 is 0 Å². The molecule has 0 radical (unpaired) electrons. The minimum absolute atomic E-state index is 0.436. The summed E-state index contributed by atoms with van der Waals surface area (Å²) in [5, 5.41) is 0. The molecular weight excluding hydrogens is 218 g/mol. The SMILES string of the molecule is CSc1ccc(CNOC2CCCC2)cc1. The van der Waals surface area contributed by atoms with Crippen molar-refractivity contribution < 1.29 is 4.84 Å². The molecule has 0 spiro atoms. The van der Waals surface area contributed by atoms with Gasteiger partial charge in [0.25, 0.3) is 0 Å². The van der Waals surface area contributed by atoms with E-state index in [4.69, 9.17) is 4.84 Å². The second-order valence-electron chi connectivity index (χ2n) is 4.19. The topological polar surface area (TPSA) is 21.3 Å². The van der Waals surface area contributed by atoms with Crippen molar-refractivity contribution in [3.8, 4) is 0 Å². The Morgan fingerprint density at radius 2 is 1.94 bits per heavy atom. The smallest absolute Gasteiger partial charge is 0.0790 e. The largest absolute Gasteiger partial charge is 0.298 e. The average Bonchev–Trinajstić information content (AvgIpc) is 2.83. The zero-order chi connectivity index (χ0) is 11.2. The Morgan fingerprint density at radius 3 is 2.56 bits per heavy atom. The fourth-order valence-corrected chi connectivity index (χ4v) is 2.40. The molecule has 0 amide bonds. The van der Waals surface area contributed by atoms with Crippen molar-refractivity contribution in [2.45, 2.75) is 43.2 Å². The number of hydroxylamine groups is 1. The van der Waals surface area contributed by atoms with E-state index in [-0.39, 0.29) is 0 Å². The number of hydrogen-bond acceptors (Lipinski definition) is 3. The first-order valence-corrected chi connectivity index (χ1v) is 7.12. The maximum atomic E-state index is 5.61. The lowest BCUT2D eigenvalue weighted by atomic mass is 10.2. The van der Waals surface area contributed by atoms with Gasteiger partial charge in [0.05, 0.1) is 6.10 Å². The molecule has 2 rings (SSSR count). The number of nitrogens with one attached hydrogen (secondary N) is 1. The first-order chi connectivity index (χ1) is 7.88. The van der Waals surface area contributed by atoms with Gasteiger partial charge in [-0.1, -0.05) is 25.0 Å². The van der Waals surface area contributed by atoms with Gasteiger partial charge in [-0.25, -0.2) is 0 Å². The second-order valence-corrected chi connectivity index (χ2v) is 5.07. The molecule has 2 nitrogen and oxygen atoms in total. The summed E-state index contributed by atoms with van der Waals surface area (Å²) in [4.78, 5) is 6.91. The Morgan fingerprint density at radius 1 is 1.25 bits per heavy atom. The summed E-state index contributed by atoms with van der Waals surface area (Å²) in [6.07, 6.45) is 7.57. The van der Waals surface area contributed by atoms with E-state index in [1.54, 1.807) is 11.8 Å². The van der Waals surface area contributed by atoms with E-state index < -0.39 is 0 Å². The number of rotatable bonds is 5. The Kier molecular flexibility index (Phi) is 4.69. The summed E-state index contributed by atoms with van der Waals surface area (Å²) in [6, 6.07) is 8.60. The Labute approximate surface area is 102 Å². The van der Waals surface area contributed by atoms with Crippen LogP contribution in [-0.4, -0.2) is 12.4 Å². The van der Waals surface area contributed by atoms with Gasteiger partial charge in [-0.15, -0.1) is 11.8 Å². The highest BCUT2D eigenvalue weighted by molar-refractivity contribution is 7.98. The molecule has 3 heteroatoms. The third-order valence-corrected chi connectivity index (χ3v) is 3.73. The molecule has 1 aromatic rings. The second kappa shape index (κ2) is 6.28. The first kappa shape index (κ1) is 12.0. The van der Waals surface area contributed by atoms with Crippen molar-refractivity contribution in [1.82, 2.24) is 5.48 Å². The highest BCUT2D eigenvalue weighted by atomic mass is 32.2. The van der Waals surface area contributed by atoms with Crippen LogP contribution >= 0.6 is 11.8 Å². The van der Waals surface area contributed by atoms with E-state index >= 15 is 0 Å². The van der Waals surface area contributed by atoms with Crippen molar-refractivity contribution >= 4 is 11.8 Å². The van der Waals surface area contributed by atoms with E-state index in [2.05, 4.69) is 36.0 Å². The third kappa shape index (κ3) is 3.51. The van der Waals surface area contributed by atoms with Crippen LogP contribution in [0.25, 0.3) is 0 Å². The lowest BCUT2D eigenvalue weighted by Crippen LogP contribution is -2.21. The monoisotopic (exact) mass is 237 g/mol. The summed E-state index contributed by atoms with van der Waals surface area (Å²) in [5.74, 6) is 0. The van der Waals surface area contributed by atoms with Gasteiger partial charge in [0.1, 0.15) is 0 Å². The number of benzene rings is 1.